The molecule has 0 saturated carbocycles. The van der Waals surface area contributed by atoms with Crippen LogP contribution in [0.4, 0.5) is 10.5 Å². The predicted molar refractivity (Wildman–Crippen MR) is 78.4 cm³/mol. The Kier molecular flexibility index (Phi) is 4.59. The number of benzene rings is 1. The highest BCUT2D eigenvalue weighted by Crippen LogP contribution is 2.21. The van der Waals surface area contributed by atoms with Gasteiger partial charge >= 0.3 is 6.03 Å². The Morgan fingerprint density at radius 1 is 1.29 bits per heavy atom. The monoisotopic (exact) mass is 292 g/mol. The van der Waals surface area contributed by atoms with Gasteiger partial charge in [-0.05, 0) is 45.0 Å². The minimum atomic E-state index is -0.592. The Bertz CT molecular complexity index is 525. The van der Waals surface area contributed by atoms with Crippen molar-refractivity contribution in [3.63, 3.8) is 0 Å². The Morgan fingerprint density at radius 3 is 2.48 bits per heavy atom. The van der Waals surface area contributed by atoms with Gasteiger partial charge in [-0.3, -0.25) is 4.79 Å². The first kappa shape index (κ1) is 15.5. The summed E-state index contributed by atoms with van der Waals surface area (Å²) < 4.78 is 11.0. The van der Waals surface area contributed by atoms with Crippen LogP contribution in [-0.2, 0) is 9.47 Å². The van der Waals surface area contributed by atoms with E-state index in [0.29, 0.717) is 24.4 Å². The average Bonchev–Trinajstić information content (AvgIpc) is 2.77. The van der Waals surface area contributed by atoms with Gasteiger partial charge in [0.25, 0.3) is 0 Å². The number of anilines is 1. The first-order chi connectivity index (χ1) is 9.85. The molecule has 0 bridgehead atoms. The first-order valence-electron chi connectivity index (χ1n) is 6.83. The smallest absolute Gasteiger partial charge is 0.319 e. The molecular formula is C15H20N2O4. The molecular weight excluding hydrogens is 272 g/mol. The van der Waals surface area contributed by atoms with Crippen molar-refractivity contribution in [3.05, 3.63) is 29.8 Å². The third-order valence-corrected chi connectivity index (χ3v) is 3.11. The fourth-order valence-electron chi connectivity index (χ4n) is 2.03. The van der Waals surface area contributed by atoms with E-state index in [1.54, 1.807) is 24.3 Å². The molecule has 1 aliphatic heterocycles. The number of hydrogen-bond donors (Lipinski definition) is 2. The number of Topliss-reactive ketones (excluding diaryl/α,β-unsaturated/α-hetero) is 1. The average molecular weight is 292 g/mol. The Hall–Kier alpha value is -1.92. The molecule has 0 radical (unpaired) electrons. The molecule has 1 atom stereocenters. The van der Waals surface area contributed by atoms with E-state index in [9.17, 15) is 9.59 Å². The fraction of sp³-hybridized carbons (Fsp3) is 0.467. The number of carbonyl (C=O) groups excluding carboxylic acids is 2. The Labute approximate surface area is 123 Å². The van der Waals surface area contributed by atoms with Gasteiger partial charge in [0, 0.05) is 17.8 Å². The predicted octanol–water partition coefficient (Wildman–Crippen LogP) is 2.16. The molecule has 1 aromatic carbocycles. The molecule has 2 rings (SSSR count). The number of urea groups is 1. The molecule has 0 aromatic heterocycles. The lowest BCUT2D eigenvalue weighted by atomic mass is 10.1. The Balaban J connectivity index is 1.78. The van der Waals surface area contributed by atoms with Gasteiger partial charge in [-0.2, -0.15) is 0 Å². The maximum Gasteiger partial charge on any atom is 0.319 e. The van der Waals surface area contributed by atoms with Gasteiger partial charge in [0.05, 0.1) is 6.61 Å². The van der Waals surface area contributed by atoms with Crippen molar-refractivity contribution in [2.45, 2.75) is 32.7 Å². The van der Waals surface area contributed by atoms with Crippen molar-refractivity contribution in [2.75, 3.05) is 18.5 Å². The molecule has 114 valence electrons. The molecule has 2 amide bonds. The third-order valence-electron chi connectivity index (χ3n) is 3.11. The van der Waals surface area contributed by atoms with Crippen LogP contribution < -0.4 is 10.6 Å². The molecule has 0 aliphatic carbocycles. The van der Waals surface area contributed by atoms with Crippen LogP contribution in [0.25, 0.3) is 0 Å². The van der Waals surface area contributed by atoms with E-state index in [1.807, 2.05) is 13.8 Å². The van der Waals surface area contributed by atoms with Gasteiger partial charge in [-0.15, -0.1) is 0 Å². The number of carbonyl (C=O) groups is 2. The number of ketones is 1. The summed E-state index contributed by atoms with van der Waals surface area (Å²) in [6, 6.07) is 6.41. The Morgan fingerprint density at radius 2 is 1.95 bits per heavy atom. The van der Waals surface area contributed by atoms with Crippen LogP contribution in [-0.4, -0.2) is 36.9 Å². The van der Waals surface area contributed by atoms with Gasteiger partial charge in [0.1, 0.15) is 6.10 Å². The third kappa shape index (κ3) is 4.54. The van der Waals surface area contributed by atoms with Crippen LogP contribution in [0.2, 0.25) is 0 Å². The van der Waals surface area contributed by atoms with Crippen molar-refractivity contribution in [1.29, 1.82) is 0 Å². The van der Waals surface area contributed by atoms with Gasteiger partial charge in [0.2, 0.25) is 0 Å². The van der Waals surface area contributed by atoms with E-state index < -0.39 is 5.79 Å². The topological polar surface area (TPSA) is 76.7 Å². The molecule has 1 aliphatic rings. The highest BCUT2D eigenvalue weighted by Gasteiger charge is 2.32. The molecule has 1 fully saturated rings. The van der Waals surface area contributed by atoms with Crippen molar-refractivity contribution < 1.29 is 19.1 Å². The lowest BCUT2D eigenvalue weighted by molar-refractivity contribution is -0.137. The standard InChI is InChI=1S/C15H20N2O4/c1-10(18)11-4-6-12(7-5-11)17-14(19)16-8-13-9-20-15(2,3)21-13/h4-7,13H,8-9H2,1-3H3,(H2,16,17,19). The van der Waals surface area contributed by atoms with Gasteiger partial charge < -0.3 is 20.1 Å². The number of ether oxygens (including phenoxy) is 2. The van der Waals surface area contributed by atoms with E-state index in [-0.39, 0.29) is 17.9 Å². The molecule has 1 unspecified atom stereocenters. The molecule has 1 heterocycles. The summed E-state index contributed by atoms with van der Waals surface area (Å²) in [6.07, 6.45) is -0.147. The molecule has 1 aromatic rings. The number of amides is 2. The van der Waals surface area contributed by atoms with E-state index in [2.05, 4.69) is 10.6 Å². The second-order valence-electron chi connectivity index (χ2n) is 5.42. The largest absolute Gasteiger partial charge is 0.348 e. The number of nitrogens with one attached hydrogen (secondary N) is 2. The molecule has 6 nitrogen and oxygen atoms in total. The van der Waals surface area contributed by atoms with E-state index in [0.717, 1.165) is 0 Å². The maximum atomic E-state index is 11.8. The van der Waals surface area contributed by atoms with Crippen LogP contribution in [0.15, 0.2) is 24.3 Å². The summed E-state index contributed by atoms with van der Waals surface area (Å²) >= 11 is 0. The lowest BCUT2D eigenvalue weighted by Crippen LogP contribution is -2.37. The molecule has 0 spiro atoms. The molecule has 1 saturated heterocycles. The van der Waals surface area contributed by atoms with Gasteiger partial charge in [0.15, 0.2) is 11.6 Å². The number of hydrogen-bond acceptors (Lipinski definition) is 4. The summed E-state index contributed by atoms with van der Waals surface area (Å²) in [4.78, 5) is 22.9. The molecule has 6 heteroatoms. The van der Waals surface area contributed by atoms with Crippen LogP contribution in [0.1, 0.15) is 31.1 Å². The van der Waals surface area contributed by atoms with Crippen molar-refractivity contribution in [3.8, 4) is 0 Å². The second-order valence-corrected chi connectivity index (χ2v) is 5.42. The minimum Gasteiger partial charge on any atom is -0.348 e. The molecule has 2 N–H and O–H groups in total. The maximum absolute atomic E-state index is 11.8. The van der Waals surface area contributed by atoms with Crippen LogP contribution in [0, 0.1) is 0 Å². The summed E-state index contributed by atoms with van der Waals surface area (Å²) in [6.45, 7) is 6.01. The van der Waals surface area contributed by atoms with E-state index >= 15 is 0 Å². The van der Waals surface area contributed by atoms with Crippen LogP contribution in [0.3, 0.4) is 0 Å². The SMILES string of the molecule is CC(=O)c1ccc(NC(=O)NCC2COC(C)(C)O2)cc1. The quantitative estimate of drug-likeness (QED) is 0.834. The minimum absolute atomic E-state index is 0.00741. The van der Waals surface area contributed by atoms with Crippen molar-refractivity contribution in [1.82, 2.24) is 5.32 Å². The first-order valence-corrected chi connectivity index (χ1v) is 6.83. The van der Waals surface area contributed by atoms with Crippen LogP contribution >= 0.6 is 0 Å². The number of rotatable bonds is 4. The zero-order valence-corrected chi connectivity index (χ0v) is 12.4. The highest BCUT2D eigenvalue weighted by atomic mass is 16.7. The van der Waals surface area contributed by atoms with E-state index in [1.165, 1.54) is 6.92 Å². The highest BCUT2D eigenvalue weighted by molar-refractivity contribution is 5.95. The summed E-state index contributed by atoms with van der Waals surface area (Å²) in [5, 5.41) is 5.42. The van der Waals surface area contributed by atoms with Crippen molar-refractivity contribution in [2.24, 2.45) is 0 Å². The van der Waals surface area contributed by atoms with Gasteiger partial charge in [-0.25, -0.2) is 4.79 Å². The zero-order chi connectivity index (χ0) is 15.5. The van der Waals surface area contributed by atoms with Crippen LogP contribution in [0.5, 0.6) is 0 Å². The molecule has 21 heavy (non-hydrogen) atoms. The lowest BCUT2D eigenvalue weighted by Gasteiger charge is -2.17. The summed E-state index contributed by atoms with van der Waals surface area (Å²) in [5.74, 6) is -0.599. The normalized spacial score (nSPS) is 20.0. The fourth-order valence-corrected chi connectivity index (χ4v) is 2.03. The van der Waals surface area contributed by atoms with Gasteiger partial charge in [-0.1, -0.05) is 0 Å². The van der Waals surface area contributed by atoms with Crippen molar-refractivity contribution >= 4 is 17.5 Å². The zero-order valence-electron chi connectivity index (χ0n) is 12.4. The second kappa shape index (κ2) is 6.24. The van der Waals surface area contributed by atoms with E-state index in [4.69, 9.17) is 9.47 Å². The summed E-state index contributed by atoms with van der Waals surface area (Å²) in [5.41, 5.74) is 1.24. The summed E-state index contributed by atoms with van der Waals surface area (Å²) in [7, 11) is 0.